The molecular weight excluding hydrogens is 260 g/mol. The van der Waals surface area contributed by atoms with E-state index in [2.05, 4.69) is 6.92 Å². The van der Waals surface area contributed by atoms with Gasteiger partial charge in [0.15, 0.2) is 5.60 Å². The maximum atomic E-state index is 12.0. The first-order chi connectivity index (χ1) is 9.35. The minimum Gasteiger partial charge on any atom is -0.421 e. The molecule has 1 aliphatic heterocycles. The Labute approximate surface area is 119 Å². The second kappa shape index (κ2) is 4.98. The van der Waals surface area contributed by atoms with E-state index in [1.54, 1.807) is 19.9 Å². The van der Waals surface area contributed by atoms with E-state index >= 15 is 0 Å². The van der Waals surface area contributed by atoms with Crippen LogP contribution in [0.25, 0.3) is 0 Å². The molecule has 0 aromatic carbocycles. The summed E-state index contributed by atoms with van der Waals surface area (Å²) < 4.78 is 22.4. The smallest absolute Gasteiger partial charge is 0.340 e. The summed E-state index contributed by atoms with van der Waals surface area (Å²) in [5.41, 5.74) is 0.0223. The number of ether oxygens (including phenoxy) is 4. The molecule has 0 bridgehead atoms. The third kappa shape index (κ3) is 2.10. The molecule has 2 rings (SSSR count). The molecule has 0 radical (unpaired) electrons. The van der Waals surface area contributed by atoms with Gasteiger partial charge < -0.3 is 18.9 Å². The lowest BCUT2D eigenvalue weighted by Gasteiger charge is -2.42. The fraction of sp³-hybridized carbons (Fsp3) is 0.667. The summed E-state index contributed by atoms with van der Waals surface area (Å²) in [5, 5.41) is 0. The van der Waals surface area contributed by atoms with Crippen LogP contribution in [0.15, 0.2) is 23.8 Å². The minimum atomic E-state index is -1.38. The molecule has 5 heteroatoms. The minimum absolute atomic E-state index is 0.437. The number of esters is 1. The van der Waals surface area contributed by atoms with Gasteiger partial charge in [0.2, 0.25) is 0 Å². The van der Waals surface area contributed by atoms with Crippen molar-refractivity contribution in [1.82, 2.24) is 0 Å². The molecule has 0 aromatic rings. The number of carbonyl (C=O) groups excluding carboxylic acids is 1. The lowest BCUT2D eigenvalue weighted by molar-refractivity contribution is -0.330. The Hall–Kier alpha value is -1.17. The molecule has 0 N–H and O–H groups in total. The second-order valence-electron chi connectivity index (χ2n) is 5.55. The summed E-state index contributed by atoms with van der Waals surface area (Å²) in [6.45, 7) is 5.42. The first-order valence-corrected chi connectivity index (χ1v) is 6.79. The molecular formula is C15H22O5. The van der Waals surface area contributed by atoms with Gasteiger partial charge in [0, 0.05) is 14.2 Å². The predicted octanol–water partition coefficient (Wildman–Crippen LogP) is 2.32. The lowest BCUT2D eigenvalue weighted by atomic mass is 9.93. The molecule has 1 aliphatic carbocycles. The van der Waals surface area contributed by atoms with Crippen LogP contribution in [0, 0.1) is 0 Å². The third-order valence-corrected chi connectivity index (χ3v) is 3.67. The van der Waals surface area contributed by atoms with Gasteiger partial charge in [-0.15, -0.1) is 0 Å². The van der Waals surface area contributed by atoms with Crippen LogP contribution in [0.4, 0.5) is 0 Å². The van der Waals surface area contributed by atoms with Crippen molar-refractivity contribution in [2.75, 3.05) is 14.2 Å². The zero-order chi connectivity index (χ0) is 15.0. The highest BCUT2D eigenvalue weighted by atomic mass is 16.8. The lowest BCUT2D eigenvalue weighted by Crippen LogP contribution is -2.57. The molecule has 1 spiro atoms. The number of allylic oxidation sites excluding steroid dienone is 2. The van der Waals surface area contributed by atoms with Crippen LogP contribution in [0.5, 0.6) is 0 Å². The highest BCUT2D eigenvalue weighted by Gasteiger charge is 2.65. The Bertz CT molecular complexity index is 459. The van der Waals surface area contributed by atoms with Crippen molar-refractivity contribution < 1.29 is 23.7 Å². The van der Waals surface area contributed by atoms with Crippen molar-refractivity contribution in [3.8, 4) is 0 Å². The largest absolute Gasteiger partial charge is 0.421 e. The topological polar surface area (TPSA) is 54.0 Å². The van der Waals surface area contributed by atoms with Gasteiger partial charge in [-0.25, -0.2) is 4.79 Å². The first kappa shape index (κ1) is 15.2. The normalized spacial score (nSPS) is 30.4. The Morgan fingerprint density at radius 1 is 1.25 bits per heavy atom. The summed E-state index contributed by atoms with van der Waals surface area (Å²) in [6, 6.07) is 0. The van der Waals surface area contributed by atoms with E-state index in [4.69, 9.17) is 18.9 Å². The van der Waals surface area contributed by atoms with Crippen molar-refractivity contribution >= 4 is 5.97 Å². The van der Waals surface area contributed by atoms with Crippen molar-refractivity contribution in [3.63, 3.8) is 0 Å². The second-order valence-corrected chi connectivity index (χ2v) is 5.55. The van der Waals surface area contributed by atoms with Crippen LogP contribution in [0.2, 0.25) is 0 Å². The van der Waals surface area contributed by atoms with Crippen LogP contribution in [-0.2, 0) is 23.7 Å². The highest BCUT2D eigenvalue weighted by molar-refractivity contribution is 5.81. The Morgan fingerprint density at radius 3 is 2.35 bits per heavy atom. The predicted molar refractivity (Wildman–Crippen MR) is 72.9 cm³/mol. The van der Waals surface area contributed by atoms with Crippen molar-refractivity contribution in [2.45, 2.75) is 50.8 Å². The number of hydrogen-bond donors (Lipinski definition) is 0. The number of hydrogen-bond acceptors (Lipinski definition) is 5. The SMILES string of the molecule is CCCC1=CC(OC)(OC)C2(C=C1)OC(=O)C(C)(C)O2. The number of carbonyl (C=O) groups is 1. The molecule has 112 valence electrons. The molecule has 20 heavy (non-hydrogen) atoms. The van der Waals surface area contributed by atoms with Gasteiger partial charge in [-0.1, -0.05) is 19.4 Å². The van der Waals surface area contributed by atoms with Crippen molar-refractivity contribution in [1.29, 1.82) is 0 Å². The van der Waals surface area contributed by atoms with E-state index in [0.717, 1.165) is 18.4 Å². The van der Waals surface area contributed by atoms with Gasteiger partial charge in [-0.3, -0.25) is 0 Å². The fourth-order valence-electron chi connectivity index (χ4n) is 2.57. The standard InChI is InChI=1S/C15H22O5/c1-6-7-11-8-9-14(15(10-11,17-4)18-5)19-12(16)13(2,3)20-14/h8-10H,6-7H2,1-5H3. The van der Waals surface area contributed by atoms with Crippen LogP contribution >= 0.6 is 0 Å². The molecule has 0 saturated carbocycles. The Kier molecular flexibility index (Phi) is 3.79. The van der Waals surface area contributed by atoms with E-state index < -0.39 is 23.1 Å². The van der Waals surface area contributed by atoms with E-state index in [9.17, 15) is 4.79 Å². The maximum absolute atomic E-state index is 12.0. The van der Waals surface area contributed by atoms with Gasteiger partial charge in [-0.05, 0) is 38.0 Å². The zero-order valence-corrected chi connectivity index (χ0v) is 12.7. The van der Waals surface area contributed by atoms with Gasteiger partial charge in [0.05, 0.1) is 0 Å². The van der Waals surface area contributed by atoms with Crippen molar-refractivity contribution in [3.05, 3.63) is 23.8 Å². The molecule has 0 amide bonds. The first-order valence-electron chi connectivity index (χ1n) is 6.79. The summed E-state index contributed by atoms with van der Waals surface area (Å²) in [4.78, 5) is 12.0. The Balaban J connectivity index is 2.45. The van der Waals surface area contributed by atoms with Crippen LogP contribution in [-0.4, -0.2) is 37.4 Å². The molecule has 5 nitrogen and oxygen atoms in total. The maximum Gasteiger partial charge on any atom is 0.340 e. The molecule has 1 fully saturated rings. The van der Waals surface area contributed by atoms with Gasteiger partial charge in [0.1, 0.15) is 0 Å². The van der Waals surface area contributed by atoms with Gasteiger partial charge in [0.25, 0.3) is 11.6 Å². The van der Waals surface area contributed by atoms with E-state index in [0.29, 0.717) is 0 Å². The summed E-state index contributed by atoms with van der Waals surface area (Å²) in [6.07, 6.45) is 7.31. The zero-order valence-electron chi connectivity index (χ0n) is 12.7. The van der Waals surface area contributed by atoms with Crippen molar-refractivity contribution in [2.24, 2.45) is 0 Å². The van der Waals surface area contributed by atoms with E-state index in [1.807, 2.05) is 12.2 Å². The third-order valence-electron chi connectivity index (χ3n) is 3.67. The summed E-state index contributed by atoms with van der Waals surface area (Å²) in [5.74, 6) is -3.09. The molecule has 0 aromatic heterocycles. The van der Waals surface area contributed by atoms with Crippen LogP contribution < -0.4 is 0 Å². The van der Waals surface area contributed by atoms with Crippen LogP contribution in [0.3, 0.4) is 0 Å². The summed E-state index contributed by atoms with van der Waals surface area (Å²) >= 11 is 0. The molecule has 1 heterocycles. The molecule has 1 unspecified atom stereocenters. The Morgan fingerprint density at radius 2 is 1.90 bits per heavy atom. The van der Waals surface area contributed by atoms with Crippen LogP contribution in [0.1, 0.15) is 33.6 Å². The van der Waals surface area contributed by atoms with E-state index in [-0.39, 0.29) is 0 Å². The van der Waals surface area contributed by atoms with E-state index in [1.165, 1.54) is 14.2 Å². The highest BCUT2D eigenvalue weighted by Crippen LogP contribution is 2.46. The van der Waals surface area contributed by atoms with Gasteiger partial charge >= 0.3 is 5.97 Å². The summed E-state index contributed by atoms with van der Waals surface area (Å²) in [7, 11) is 3.01. The molecule has 1 saturated heterocycles. The average Bonchev–Trinajstić information content (AvgIpc) is 2.64. The monoisotopic (exact) mass is 282 g/mol. The fourth-order valence-corrected chi connectivity index (χ4v) is 2.57. The molecule has 1 atom stereocenters. The number of rotatable bonds is 4. The molecule has 2 aliphatic rings. The quantitative estimate of drug-likeness (QED) is 0.585. The average molecular weight is 282 g/mol. The number of methoxy groups -OCH3 is 2. The van der Waals surface area contributed by atoms with Gasteiger partial charge in [-0.2, -0.15) is 0 Å².